The Kier molecular flexibility index (Phi) is 4.23. The number of rotatable bonds is 1. The summed E-state index contributed by atoms with van der Waals surface area (Å²) < 4.78 is 5.12. The van der Waals surface area contributed by atoms with Gasteiger partial charge in [0.15, 0.2) is 0 Å². The summed E-state index contributed by atoms with van der Waals surface area (Å²) in [7, 11) is 0. The van der Waals surface area contributed by atoms with Gasteiger partial charge in [-0.1, -0.05) is 25.5 Å². The second-order valence-corrected chi connectivity index (χ2v) is 10.4. The lowest BCUT2D eigenvalue weighted by Crippen LogP contribution is -2.65. The smallest absolute Gasteiger partial charge is 0.335 e. The van der Waals surface area contributed by atoms with Gasteiger partial charge >= 0.3 is 5.63 Å². The molecule has 0 radical (unpaired) electrons. The van der Waals surface area contributed by atoms with Gasteiger partial charge in [-0.15, -0.1) is 0 Å². The molecule has 5 heteroatoms. The summed E-state index contributed by atoms with van der Waals surface area (Å²) in [5.74, 6) is 0.315. The topological polar surface area (TPSA) is 90.9 Å². The van der Waals surface area contributed by atoms with Gasteiger partial charge in [0.25, 0.3) is 0 Å². The van der Waals surface area contributed by atoms with Crippen molar-refractivity contribution in [2.45, 2.75) is 82.5 Å². The molecule has 3 N–H and O–H groups in total. The average molecular weight is 401 g/mol. The summed E-state index contributed by atoms with van der Waals surface area (Å²) in [6.07, 6.45) is 8.12. The molecule has 0 aromatic carbocycles. The molecule has 1 aromatic rings. The number of hydrogen-bond acceptors (Lipinski definition) is 5. The number of allylic oxidation sites excluding steroid dienone is 1. The Hall–Kier alpha value is -1.43. The van der Waals surface area contributed by atoms with Gasteiger partial charge in [0.05, 0.1) is 24.1 Å². The van der Waals surface area contributed by atoms with Crippen molar-refractivity contribution in [3.8, 4) is 0 Å². The van der Waals surface area contributed by atoms with Crippen LogP contribution in [0.3, 0.4) is 0 Å². The minimum atomic E-state index is -0.944. The Morgan fingerprint density at radius 1 is 1.07 bits per heavy atom. The zero-order valence-electron chi connectivity index (χ0n) is 17.3. The molecule has 0 unspecified atom stereocenters. The third kappa shape index (κ3) is 2.47. The molecule has 0 spiro atoms. The van der Waals surface area contributed by atoms with E-state index in [0.29, 0.717) is 12.8 Å². The van der Waals surface area contributed by atoms with E-state index in [-0.39, 0.29) is 34.9 Å². The highest BCUT2D eigenvalue weighted by atomic mass is 16.4. The van der Waals surface area contributed by atoms with Gasteiger partial charge in [0.1, 0.15) is 0 Å². The van der Waals surface area contributed by atoms with Gasteiger partial charge in [-0.2, -0.15) is 0 Å². The predicted octanol–water partition coefficient (Wildman–Crippen LogP) is 3.13. The van der Waals surface area contributed by atoms with E-state index in [4.69, 9.17) is 4.42 Å². The molecule has 5 nitrogen and oxygen atoms in total. The highest BCUT2D eigenvalue weighted by Crippen LogP contribution is 2.69. The zero-order valence-corrected chi connectivity index (χ0v) is 17.3. The Labute approximate surface area is 171 Å². The maximum absolute atomic E-state index is 12.2. The maximum Gasteiger partial charge on any atom is 0.335 e. The molecule has 1 aromatic heterocycles. The molecule has 0 bridgehead atoms. The van der Waals surface area contributed by atoms with Crippen LogP contribution in [-0.2, 0) is 0 Å². The SMILES string of the molecule is C[C@]12[C@H](O)C[C@H]3[C@@H](CCC4=C[C@@H](O)CC[C@@]43C)[C@@]1(O)CC[C@@H]2c1ccc(=O)oc1. The Morgan fingerprint density at radius 3 is 2.59 bits per heavy atom. The molecule has 0 aliphatic heterocycles. The lowest BCUT2D eigenvalue weighted by atomic mass is 9.44. The van der Waals surface area contributed by atoms with E-state index < -0.39 is 17.1 Å². The third-order valence-corrected chi connectivity index (χ3v) is 9.49. The second-order valence-electron chi connectivity index (χ2n) is 10.4. The number of hydrogen-bond donors (Lipinski definition) is 3. The molecule has 4 aliphatic carbocycles. The molecule has 4 aliphatic rings. The first-order chi connectivity index (χ1) is 13.7. The molecule has 5 rings (SSSR count). The van der Waals surface area contributed by atoms with Crippen LogP contribution < -0.4 is 5.63 Å². The van der Waals surface area contributed by atoms with E-state index in [1.165, 1.54) is 17.9 Å². The number of aliphatic hydroxyl groups is 3. The molecule has 158 valence electrons. The van der Waals surface area contributed by atoms with Crippen LogP contribution in [0.4, 0.5) is 0 Å². The second kappa shape index (κ2) is 6.29. The van der Waals surface area contributed by atoms with E-state index in [9.17, 15) is 20.1 Å². The minimum absolute atomic E-state index is 0.0364. The van der Waals surface area contributed by atoms with Crippen LogP contribution >= 0.6 is 0 Å². The Morgan fingerprint density at radius 2 is 1.86 bits per heavy atom. The van der Waals surface area contributed by atoms with Crippen molar-refractivity contribution in [3.63, 3.8) is 0 Å². The monoisotopic (exact) mass is 400 g/mol. The fourth-order valence-electron chi connectivity index (χ4n) is 7.77. The van der Waals surface area contributed by atoms with Gasteiger partial charge < -0.3 is 19.7 Å². The standard InChI is InChI=1S/C24H32O5/c1-22-9-7-16(25)11-15(22)4-5-18-19(22)12-20(26)23(2)17(8-10-24(18,23)28)14-3-6-21(27)29-13-14/h3,6,11,13,16-20,25-26,28H,4-5,7-10,12H2,1-2H3/t16-,17+,18+,19-,20+,22-,23-,24-/m0/s1. The van der Waals surface area contributed by atoms with E-state index >= 15 is 0 Å². The van der Waals surface area contributed by atoms with Crippen molar-refractivity contribution in [2.75, 3.05) is 0 Å². The summed E-state index contributed by atoms with van der Waals surface area (Å²) in [4.78, 5) is 11.4. The van der Waals surface area contributed by atoms with Crippen molar-refractivity contribution < 1.29 is 19.7 Å². The van der Waals surface area contributed by atoms with Crippen LogP contribution in [0, 0.1) is 22.7 Å². The molecule has 0 saturated heterocycles. The summed E-state index contributed by atoms with van der Waals surface area (Å²) in [6.45, 7) is 4.31. The first-order valence-corrected chi connectivity index (χ1v) is 11.1. The quantitative estimate of drug-likeness (QED) is 0.630. The molecule has 3 fully saturated rings. The normalized spacial score (nSPS) is 49.0. The first kappa shape index (κ1) is 19.5. The molecule has 8 atom stereocenters. The summed E-state index contributed by atoms with van der Waals surface area (Å²) >= 11 is 0. The molecule has 29 heavy (non-hydrogen) atoms. The Bertz CT molecular complexity index is 884. The summed E-state index contributed by atoms with van der Waals surface area (Å²) in [5.41, 5.74) is 0.161. The number of fused-ring (bicyclic) bond motifs is 5. The average Bonchev–Trinajstić information content (AvgIpc) is 2.97. The predicted molar refractivity (Wildman–Crippen MR) is 108 cm³/mol. The van der Waals surface area contributed by atoms with E-state index in [1.54, 1.807) is 6.07 Å². The van der Waals surface area contributed by atoms with Crippen LogP contribution in [0.5, 0.6) is 0 Å². The molecule has 3 saturated carbocycles. The highest BCUT2D eigenvalue weighted by Gasteiger charge is 2.69. The molecular weight excluding hydrogens is 368 g/mol. The summed E-state index contributed by atoms with van der Waals surface area (Å²) in [5, 5.41) is 33.7. The van der Waals surface area contributed by atoms with E-state index in [2.05, 4.69) is 6.92 Å². The van der Waals surface area contributed by atoms with E-state index in [0.717, 1.165) is 37.7 Å². The lowest BCUT2D eigenvalue weighted by molar-refractivity contribution is -0.222. The van der Waals surface area contributed by atoms with Crippen LogP contribution in [0.25, 0.3) is 0 Å². The van der Waals surface area contributed by atoms with Gasteiger partial charge in [-0.3, -0.25) is 0 Å². The highest BCUT2D eigenvalue weighted by molar-refractivity contribution is 5.32. The molecule has 0 amide bonds. The van der Waals surface area contributed by atoms with Crippen LogP contribution in [0.1, 0.15) is 70.3 Å². The van der Waals surface area contributed by atoms with Gasteiger partial charge in [0, 0.05) is 11.5 Å². The van der Waals surface area contributed by atoms with Gasteiger partial charge in [-0.25, -0.2) is 4.79 Å². The number of aliphatic hydroxyl groups excluding tert-OH is 2. The first-order valence-electron chi connectivity index (χ1n) is 11.1. The minimum Gasteiger partial charge on any atom is -0.431 e. The van der Waals surface area contributed by atoms with Crippen molar-refractivity contribution in [1.82, 2.24) is 0 Å². The molecule has 1 heterocycles. The fourth-order valence-corrected chi connectivity index (χ4v) is 7.77. The van der Waals surface area contributed by atoms with E-state index in [1.807, 2.05) is 13.0 Å². The van der Waals surface area contributed by atoms with Crippen molar-refractivity contribution in [2.24, 2.45) is 22.7 Å². The molecular formula is C24H32O5. The van der Waals surface area contributed by atoms with Crippen LogP contribution in [0.2, 0.25) is 0 Å². The third-order valence-electron chi connectivity index (χ3n) is 9.49. The largest absolute Gasteiger partial charge is 0.431 e. The van der Waals surface area contributed by atoms with Gasteiger partial charge in [-0.05, 0) is 79.7 Å². The van der Waals surface area contributed by atoms with Crippen molar-refractivity contribution in [1.29, 1.82) is 0 Å². The lowest BCUT2D eigenvalue weighted by Gasteiger charge is -2.63. The maximum atomic E-state index is 12.2. The zero-order chi connectivity index (χ0) is 20.6. The van der Waals surface area contributed by atoms with Crippen LogP contribution in [-0.4, -0.2) is 33.1 Å². The Balaban J connectivity index is 1.55. The fraction of sp³-hybridized carbons (Fsp3) is 0.708. The van der Waals surface area contributed by atoms with Crippen molar-refractivity contribution >= 4 is 0 Å². The summed E-state index contributed by atoms with van der Waals surface area (Å²) in [6, 6.07) is 3.22. The van der Waals surface area contributed by atoms with Crippen molar-refractivity contribution in [3.05, 3.63) is 46.0 Å². The van der Waals surface area contributed by atoms with Gasteiger partial charge in [0.2, 0.25) is 0 Å². The van der Waals surface area contributed by atoms with Crippen LogP contribution in [0.15, 0.2) is 39.3 Å².